The highest BCUT2D eigenvalue weighted by Crippen LogP contribution is 2.24. The summed E-state index contributed by atoms with van der Waals surface area (Å²) < 4.78 is 5.25. The Morgan fingerprint density at radius 1 is 1.30 bits per heavy atom. The topological polar surface area (TPSA) is 81.2 Å². The number of nitrogens with one attached hydrogen (secondary N) is 1. The molecule has 1 aromatic carbocycles. The SMILES string of the molecule is COc1ccc(C(C)=O)cc1CC(=O)Nc1nnc(C(C)C)s1. The van der Waals surface area contributed by atoms with Gasteiger partial charge in [0.2, 0.25) is 11.0 Å². The van der Waals surface area contributed by atoms with Crippen LogP contribution in [0, 0.1) is 0 Å². The fourth-order valence-electron chi connectivity index (χ4n) is 1.99. The molecule has 1 heterocycles. The molecule has 23 heavy (non-hydrogen) atoms. The van der Waals surface area contributed by atoms with Crippen molar-refractivity contribution in [2.45, 2.75) is 33.1 Å². The van der Waals surface area contributed by atoms with Crippen molar-refractivity contribution >= 4 is 28.2 Å². The average molecular weight is 333 g/mol. The molecular weight excluding hydrogens is 314 g/mol. The smallest absolute Gasteiger partial charge is 0.230 e. The van der Waals surface area contributed by atoms with Gasteiger partial charge in [-0.3, -0.25) is 9.59 Å². The Bertz CT molecular complexity index is 725. The van der Waals surface area contributed by atoms with Crippen molar-refractivity contribution in [3.63, 3.8) is 0 Å². The summed E-state index contributed by atoms with van der Waals surface area (Å²) in [5.41, 5.74) is 1.21. The summed E-state index contributed by atoms with van der Waals surface area (Å²) >= 11 is 1.36. The Labute approximate surface area is 138 Å². The minimum absolute atomic E-state index is 0.0555. The molecule has 0 saturated heterocycles. The number of carbonyl (C=O) groups excluding carboxylic acids is 2. The molecule has 6 nitrogen and oxygen atoms in total. The third kappa shape index (κ3) is 4.35. The van der Waals surface area contributed by atoms with Crippen molar-refractivity contribution in [2.24, 2.45) is 0 Å². The Morgan fingerprint density at radius 2 is 2.04 bits per heavy atom. The second-order valence-corrected chi connectivity index (χ2v) is 6.42. The zero-order chi connectivity index (χ0) is 17.0. The van der Waals surface area contributed by atoms with Crippen molar-refractivity contribution < 1.29 is 14.3 Å². The Hall–Kier alpha value is -2.28. The Balaban J connectivity index is 2.12. The first-order chi connectivity index (χ1) is 10.9. The van der Waals surface area contributed by atoms with E-state index in [2.05, 4.69) is 15.5 Å². The molecule has 1 N–H and O–H groups in total. The highest BCUT2D eigenvalue weighted by molar-refractivity contribution is 7.15. The van der Waals surface area contributed by atoms with Gasteiger partial charge in [0.15, 0.2) is 5.78 Å². The summed E-state index contributed by atoms with van der Waals surface area (Å²) in [6.07, 6.45) is 0.0981. The van der Waals surface area contributed by atoms with Gasteiger partial charge in [-0.15, -0.1) is 10.2 Å². The van der Waals surface area contributed by atoms with Crippen LogP contribution in [0.5, 0.6) is 5.75 Å². The van der Waals surface area contributed by atoms with Gasteiger partial charge < -0.3 is 10.1 Å². The molecule has 0 fully saturated rings. The largest absolute Gasteiger partial charge is 0.496 e. The van der Waals surface area contributed by atoms with E-state index >= 15 is 0 Å². The van der Waals surface area contributed by atoms with Gasteiger partial charge in [-0.25, -0.2) is 0 Å². The van der Waals surface area contributed by atoms with E-state index in [9.17, 15) is 9.59 Å². The van der Waals surface area contributed by atoms with Gasteiger partial charge in [-0.1, -0.05) is 25.2 Å². The maximum Gasteiger partial charge on any atom is 0.230 e. The van der Waals surface area contributed by atoms with Crippen LogP contribution in [-0.2, 0) is 11.2 Å². The Morgan fingerprint density at radius 3 is 2.61 bits per heavy atom. The number of rotatable bonds is 6. The van der Waals surface area contributed by atoms with E-state index in [0.29, 0.717) is 22.0 Å². The minimum Gasteiger partial charge on any atom is -0.496 e. The molecule has 2 aromatic rings. The number of Topliss-reactive ketones (excluding diaryl/α,β-unsaturated/α-hetero) is 1. The fraction of sp³-hybridized carbons (Fsp3) is 0.375. The van der Waals surface area contributed by atoms with Gasteiger partial charge in [0.25, 0.3) is 0 Å². The Kier molecular flexibility index (Phi) is 5.44. The van der Waals surface area contributed by atoms with Crippen LogP contribution in [0.25, 0.3) is 0 Å². The standard InChI is InChI=1S/C16H19N3O3S/c1-9(2)15-18-19-16(23-15)17-14(21)8-12-7-11(10(3)20)5-6-13(12)22-4/h5-7,9H,8H2,1-4H3,(H,17,19,21). The second-order valence-electron chi connectivity index (χ2n) is 5.41. The molecule has 0 unspecified atom stereocenters. The molecule has 122 valence electrons. The molecule has 2 rings (SSSR count). The molecule has 1 aromatic heterocycles. The van der Waals surface area contributed by atoms with E-state index in [1.54, 1.807) is 18.2 Å². The predicted molar refractivity (Wildman–Crippen MR) is 89.3 cm³/mol. The average Bonchev–Trinajstić information content (AvgIpc) is 2.95. The van der Waals surface area contributed by atoms with Crippen LogP contribution in [0.2, 0.25) is 0 Å². The summed E-state index contributed by atoms with van der Waals surface area (Å²) in [5.74, 6) is 0.561. The van der Waals surface area contributed by atoms with Crippen LogP contribution in [0.4, 0.5) is 5.13 Å². The number of benzene rings is 1. The zero-order valence-electron chi connectivity index (χ0n) is 13.5. The van der Waals surface area contributed by atoms with Crippen LogP contribution in [0.1, 0.15) is 47.6 Å². The molecule has 0 aliphatic heterocycles. The number of aromatic nitrogens is 2. The molecule has 0 radical (unpaired) electrons. The summed E-state index contributed by atoms with van der Waals surface area (Å²) in [6, 6.07) is 5.06. The molecule has 1 amide bonds. The van der Waals surface area contributed by atoms with Crippen molar-refractivity contribution in [1.82, 2.24) is 10.2 Å². The lowest BCUT2D eigenvalue weighted by Gasteiger charge is -2.09. The van der Waals surface area contributed by atoms with Crippen LogP contribution in [0.3, 0.4) is 0 Å². The summed E-state index contributed by atoms with van der Waals surface area (Å²) in [6.45, 7) is 5.52. The van der Waals surface area contributed by atoms with E-state index in [1.807, 2.05) is 13.8 Å². The number of ether oxygens (including phenoxy) is 1. The monoisotopic (exact) mass is 333 g/mol. The van der Waals surface area contributed by atoms with E-state index in [1.165, 1.54) is 25.4 Å². The number of amides is 1. The fourth-order valence-corrected chi connectivity index (χ4v) is 2.75. The highest BCUT2D eigenvalue weighted by Gasteiger charge is 2.14. The van der Waals surface area contributed by atoms with Crippen LogP contribution >= 0.6 is 11.3 Å². The van der Waals surface area contributed by atoms with Gasteiger partial charge in [-0.05, 0) is 25.1 Å². The molecule has 0 bridgehead atoms. The van der Waals surface area contributed by atoms with Crippen molar-refractivity contribution in [3.8, 4) is 5.75 Å². The maximum atomic E-state index is 12.2. The second kappa shape index (κ2) is 7.32. The van der Waals surface area contributed by atoms with E-state index in [-0.39, 0.29) is 24.0 Å². The lowest BCUT2D eigenvalue weighted by molar-refractivity contribution is -0.115. The first kappa shape index (κ1) is 17.1. The van der Waals surface area contributed by atoms with E-state index < -0.39 is 0 Å². The first-order valence-corrected chi connectivity index (χ1v) is 8.03. The van der Waals surface area contributed by atoms with Gasteiger partial charge in [0, 0.05) is 17.0 Å². The summed E-state index contributed by atoms with van der Waals surface area (Å²) in [4.78, 5) is 23.7. The van der Waals surface area contributed by atoms with Crippen LogP contribution in [-0.4, -0.2) is 29.0 Å². The first-order valence-electron chi connectivity index (χ1n) is 7.21. The zero-order valence-corrected chi connectivity index (χ0v) is 14.4. The van der Waals surface area contributed by atoms with Gasteiger partial charge in [-0.2, -0.15) is 0 Å². The normalized spacial score (nSPS) is 10.7. The molecule has 7 heteroatoms. The van der Waals surface area contributed by atoms with E-state index in [0.717, 1.165) is 5.01 Å². The molecule has 0 spiro atoms. The molecule has 0 atom stereocenters. The van der Waals surface area contributed by atoms with Crippen molar-refractivity contribution in [2.75, 3.05) is 12.4 Å². The van der Waals surface area contributed by atoms with Gasteiger partial charge in [0.1, 0.15) is 10.8 Å². The van der Waals surface area contributed by atoms with Crippen molar-refractivity contribution in [1.29, 1.82) is 0 Å². The number of ketones is 1. The number of hydrogen-bond acceptors (Lipinski definition) is 6. The summed E-state index contributed by atoms with van der Waals surface area (Å²) in [7, 11) is 1.53. The van der Waals surface area contributed by atoms with Gasteiger partial charge in [0.05, 0.1) is 13.5 Å². The number of hydrogen-bond donors (Lipinski definition) is 1. The van der Waals surface area contributed by atoms with Gasteiger partial charge >= 0.3 is 0 Å². The number of carbonyl (C=O) groups is 2. The maximum absolute atomic E-state index is 12.2. The predicted octanol–water partition coefficient (Wildman–Crippen LogP) is 3.05. The molecular formula is C16H19N3O3S. The molecule has 0 saturated carbocycles. The lowest BCUT2D eigenvalue weighted by Crippen LogP contribution is -2.15. The number of methoxy groups -OCH3 is 1. The summed E-state index contributed by atoms with van der Waals surface area (Å²) in [5, 5.41) is 12.1. The quantitative estimate of drug-likeness (QED) is 0.822. The minimum atomic E-state index is -0.226. The number of nitrogens with zero attached hydrogens (tertiary/aromatic N) is 2. The molecule has 0 aliphatic carbocycles. The third-order valence-corrected chi connectivity index (χ3v) is 4.36. The highest BCUT2D eigenvalue weighted by atomic mass is 32.1. The van der Waals surface area contributed by atoms with Crippen LogP contribution in [0.15, 0.2) is 18.2 Å². The number of anilines is 1. The third-order valence-electron chi connectivity index (χ3n) is 3.22. The lowest BCUT2D eigenvalue weighted by atomic mass is 10.0. The van der Waals surface area contributed by atoms with Crippen molar-refractivity contribution in [3.05, 3.63) is 34.3 Å². The van der Waals surface area contributed by atoms with E-state index in [4.69, 9.17) is 4.74 Å². The van der Waals surface area contributed by atoms with Crippen LogP contribution < -0.4 is 10.1 Å². The molecule has 0 aliphatic rings.